The van der Waals surface area contributed by atoms with Crippen LogP contribution >= 0.6 is 23.2 Å². The molecular formula is C22H31Cl2N3O4S. The number of sulfonamides is 1. The Morgan fingerprint density at radius 3 is 2.12 bits per heavy atom. The lowest BCUT2D eigenvalue weighted by Crippen LogP contribution is -2.47. The molecule has 2 atom stereocenters. The van der Waals surface area contributed by atoms with E-state index in [9.17, 15) is 13.5 Å². The van der Waals surface area contributed by atoms with Gasteiger partial charge in [-0.05, 0) is 35.6 Å². The minimum Gasteiger partial charge on any atom is -0.411 e. The van der Waals surface area contributed by atoms with Crippen LogP contribution in [0.15, 0.2) is 64.6 Å². The van der Waals surface area contributed by atoms with Crippen LogP contribution in [0.25, 0.3) is 0 Å². The maximum atomic E-state index is 13.1. The summed E-state index contributed by atoms with van der Waals surface area (Å²) in [4.78, 5) is 0.108. The van der Waals surface area contributed by atoms with E-state index in [4.69, 9.17) is 34.1 Å². The molecule has 0 aliphatic heterocycles. The number of halogens is 2. The van der Waals surface area contributed by atoms with E-state index < -0.39 is 22.2 Å². The van der Waals surface area contributed by atoms with Crippen molar-refractivity contribution >= 4 is 39.4 Å². The molecule has 0 unspecified atom stereocenters. The van der Waals surface area contributed by atoms with Gasteiger partial charge in [0.1, 0.15) is 0 Å². The maximum Gasteiger partial charge on any atom is 0.243 e. The van der Waals surface area contributed by atoms with Gasteiger partial charge in [0, 0.05) is 19.1 Å². The molecule has 0 aliphatic carbocycles. The zero-order valence-corrected chi connectivity index (χ0v) is 20.5. The fraction of sp³-hybridized carbons (Fsp3) is 0.409. The Balaban J connectivity index is 0.00000161. The summed E-state index contributed by atoms with van der Waals surface area (Å²) in [7, 11) is -3.82. The van der Waals surface area contributed by atoms with Crippen LogP contribution in [0.4, 0.5) is 0 Å². The predicted molar refractivity (Wildman–Crippen MR) is 130 cm³/mol. The van der Waals surface area contributed by atoms with Crippen LogP contribution in [0.1, 0.15) is 25.0 Å². The number of oxime groups is 1. The Kier molecular flexibility index (Phi) is 12.8. The molecule has 0 radical (unpaired) electrons. The zero-order valence-electron chi connectivity index (χ0n) is 18.2. The van der Waals surface area contributed by atoms with Crippen molar-refractivity contribution in [1.82, 2.24) is 4.31 Å². The van der Waals surface area contributed by atoms with Gasteiger partial charge in [-0.1, -0.05) is 61.5 Å². The Bertz CT molecular complexity index is 911. The van der Waals surface area contributed by atoms with Gasteiger partial charge < -0.3 is 16.0 Å². The third-order valence-corrected chi connectivity index (χ3v) is 6.34. The van der Waals surface area contributed by atoms with E-state index in [2.05, 4.69) is 5.16 Å². The van der Waals surface area contributed by atoms with E-state index in [0.29, 0.717) is 12.0 Å². The zero-order chi connectivity index (χ0) is 24.1. The van der Waals surface area contributed by atoms with Gasteiger partial charge in [0.2, 0.25) is 10.0 Å². The molecule has 0 saturated carbocycles. The van der Waals surface area contributed by atoms with E-state index in [1.807, 2.05) is 44.2 Å². The lowest BCUT2D eigenvalue weighted by Gasteiger charge is -2.28. The first kappa shape index (κ1) is 28.4. The van der Waals surface area contributed by atoms with Gasteiger partial charge in [-0.2, -0.15) is 4.31 Å². The smallest absolute Gasteiger partial charge is 0.243 e. The van der Waals surface area contributed by atoms with Gasteiger partial charge in [-0.25, -0.2) is 8.42 Å². The summed E-state index contributed by atoms with van der Waals surface area (Å²) in [5.41, 5.74) is 7.71. The summed E-state index contributed by atoms with van der Waals surface area (Å²) < 4.78 is 27.6. The van der Waals surface area contributed by atoms with Crippen molar-refractivity contribution in [2.45, 2.75) is 37.3 Å². The molecule has 0 saturated heterocycles. The summed E-state index contributed by atoms with van der Waals surface area (Å²) in [6.45, 7) is 4.00. The molecule has 2 aromatic carbocycles. The molecule has 0 spiro atoms. The van der Waals surface area contributed by atoms with Gasteiger partial charge in [0.15, 0.2) is 0 Å². The number of benzene rings is 2. The molecule has 0 bridgehead atoms. The van der Waals surface area contributed by atoms with Crippen molar-refractivity contribution in [3.05, 3.63) is 65.7 Å². The number of rotatable bonds is 10. The minimum atomic E-state index is -3.82. The first-order chi connectivity index (χ1) is 15.1. The molecule has 7 nitrogen and oxygen atoms in total. The molecule has 0 amide bonds. The molecular weight excluding hydrogens is 473 g/mol. The molecule has 32 heavy (non-hydrogen) atoms. The van der Waals surface area contributed by atoms with Gasteiger partial charge in [-0.3, -0.25) is 0 Å². The number of aliphatic hydroxyl groups excluding tert-OH is 1. The predicted octanol–water partition coefficient (Wildman–Crippen LogP) is 3.49. The normalized spacial score (nSPS) is 13.8. The van der Waals surface area contributed by atoms with E-state index in [1.165, 1.54) is 22.7 Å². The number of alkyl halides is 2. The Morgan fingerprint density at radius 2 is 1.62 bits per heavy atom. The number of nitrogens with zero attached hydrogens (tertiary/aromatic N) is 2. The highest BCUT2D eigenvalue weighted by atomic mass is 35.5. The van der Waals surface area contributed by atoms with Crippen LogP contribution in [0.5, 0.6) is 0 Å². The largest absolute Gasteiger partial charge is 0.411 e. The van der Waals surface area contributed by atoms with Crippen molar-refractivity contribution in [3.8, 4) is 0 Å². The molecule has 0 aliphatic rings. The van der Waals surface area contributed by atoms with Crippen molar-refractivity contribution < 1.29 is 18.7 Å². The Hall–Kier alpha value is -1.68. The second kappa shape index (κ2) is 14.5. The van der Waals surface area contributed by atoms with Crippen LogP contribution in [0.3, 0.4) is 0 Å². The topological polar surface area (TPSA) is 116 Å². The van der Waals surface area contributed by atoms with E-state index in [0.717, 1.165) is 5.56 Å². The maximum absolute atomic E-state index is 13.1. The van der Waals surface area contributed by atoms with Gasteiger partial charge in [0.05, 0.1) is 22.6 Å². The molecule has 0 aromatic heterocycles. The number of hydrogen-bond acceptors (Lipinski definition) is 6. The minimum absolute atomic E-state index is 0.0723. The summed E-state index contributed by atoms with van der Waals surface area (Å²) in [6.07, 6.45) is 0.658. The summed E-state index contributed by atoms with van der Waals surface area (Å²) in [5, 5.41) is 22.3. The lowest BCUT2D eigenvalue weighted by molar-refractivity contribution is 0.116. The Morgan fingerprint density at radius 1 is 1.06 bits per heavy atom. The quantitative estimate of drug-likeness (QED) is 0.198. The number of hydrogen-bond donors (Lipinski definition) is 3. The first-order valence-corrected chi connectivity index (χ1v) is 12.5. The lowest BCUT2D eigenvalue weighted by atomic mass is 10.0. The number of aliphatic hydroxyl groups is 1. The van der Waals surface area contributed by atoms with Crippen LogP contribution in [0, 0.1) is 5.92 Å². The van der Waals surface area contributed by atoms with Crippen molar-refractivity contribution in [2.24, 2.45) is 16.8 Å². The summed E-state index contributed by atoms with van der Waals surface area (Å²) in [5.74, 6) is 0.0723. The molecule has 0 fully saturated rings. The van der Waals surface area contributed by atoms with Gasteiger partial charge in [0.25, 0.3) is 0 Å². The molecule has 4 N–H and O–H groups in total. The number of nitrogens with two attached hydrogens (primary N) is 1. The summed E-state index contributed by atoms with van der Waals surface area (Å²) in [6, 6.07) is 15.0. The third-order valence-electron chi connectivity index (χ3n) is 4.49. The Labute approximate surface area is 200 Å². The van der Waals surface area contributed by atoms with E-state index in [-0.39, 0.29) is 29.2 Å². The highest BCUT2D eigenvalue weighted by Gasteiger charge is 2.29. The SMILES string of the molecule is CC(C)CN(C[C@@H](O)[C@@H](N)Cc1ccccc1)S(=O)(=O)c1ccc(/C=N/O)cc1.ClCCl. The highest BCUT2D eigenvalue weighted by molar-refractivity contribution is 7.89. The molecule has 2 rings (SSSR count). The van der Waals surface area contributed by atoms with Crippen LogP contribution < -0.4 is 5.73 Å². The molecule has 178 valence electrons. The van der Waals surface area contributed by atoms with Crippen LogP contribution in [-0.2, 0) is 16.4 Å². The fourth-order valence-corrected chi connectivity index (χ4v) is 4.61. The second-order valence-electron chi connectivity index (χ2n) is 7.55. The second-order valence-corrected chi connectivity index (χ2v) is 10.3. The van der Waals surface area contributed by atoms with E-state index >= 15 is 0 Å². The monoisotopic (exact) mass is 503 g/mol. The molecule has 0 heterocycles. The average Bonchev–Trinajstić information content (AvgIpc) is 2.75. The fourth-order valence-electron chi connectivity index (χ4n) is 2.99. The standard InChI is InChI=1S/C21H29N3O4S.CH2Cl2/c1-16(2)14-24(15-21(25)20(22)12-17-6-4-3-5-7-17)29(27,28)19-10-8-18(9-11-19)13-23-26;2-1-3/h3-11,13,16,20-21,25-26H,12,14-15,22H2,1-2H3;1H2/b23-13+;/t20-,21+;/m0./s1. The van der Waals surface area contributed by atoms with Gasteiger partial charge >= 0.3 is 0 Å². The third kappa shape index (κ3) is 9.44. The average molecular weight is 504 g/mol. The van der Waals surface area contributed by atoms with Crippen LogP contribution in [0.2, 0.25) is 0 Å². The summed E-state index contributed by atoms with van der Waals surface area (Å²) >= 11 is 9.53. The van der Waals surface area contributed by atoms with Crippen LogP contribution in [-0.4, -0.2) is 59.8 Å². The van der Waals surface area contributed by atoms with Crippen molar-refractivity contribution in [2.75, 3.05) is 18.4 Å². The molecule has 10 heteroatoms. The van der Waals surface area contributed by atoms with Crippen molar-refractivity contribution in [3.63, 3.8) is 0 Å². The van der Waals surface area contributed by atoms with E-state index in [1.54, 1.807) is 12.1 Å². The highest BCUT2D eigenvalue weighted by Crippen LogP contribution is 2.19. The molecule has 2 aromatic rings. The van der Waals surface area contributed by atoms with Crippen molar-refractivity contribution in [1.29, 1.82) is 0 Å². The first-order valence-electron chi connectivity index (χ1n) is 10.0. The van der Waals surface area contributed by atoms with Gasteiger partial charge in [-0.15, -0.1) is 23.2 Å².